The van der Waals surface area contributed by atoms with Gasteiger partial charge in [-0.15, -0.1) is 0 Å². The topological polar surface area (TPSA) is 40.6 Å². The lowest BCUT2D eigenvalue weighted by atomic mass is 9.79. The fourth-order valence-corrected chi connectivity index (χ4v) is 4.53. The first-order chi connectivity index (χ1) is 15.2. The minimum Gasteiger partial charge on any atom is -0.339 e. The van der Waals surface area contributed by atoms with Gasteiger partial charge in [0.15, 0.2) is 0 Å². The average Bonchev–Trinajstić information content (AvgIpc) is 2.82. The summed E-state index contributed by atoms with van der Waals surface area (Å²) in [5.41, 5.74) is 1.75. The van der Waals surface area contributed by atoms with E-state index in [1.807, 2.05) is 13.8 Å². The van der Waals surface area contributed by atoms with Gasteiger partial charge in [-0.1, -0.05) is 30.7 Å². The number of carbonyl (C=O) groups excluding carboxylic acids is 2. The molecule has 4 nitrogen and oxygen atoms in total. The molecule has 2 amide bonds. The molecule has 4 unspecified atom stereocenters. The molecule has 1 aliphatic carbocycles. The Morgan fingerprint density at radius 1 is 0.750 bits per heavy atom. The Hall–Kier alpha value is -2.76. The summed E-state index contributed by atoms with van der Waals surface area (Å²) in [6.07, 6.45) is 2.88. The van der Waals surface area contributed by atoms with E-state index in [0.717, 1.165) is 30.4 Å². The van der Waals surface area contributed by atoms with Crippen molar-refractivity contribution >= 4 is 11.8 Å². The molecule has 0 aromatic heterocycles. The summed E-state index contributed by atoms with van der Waals surface area (Å²) in [5.74, 6) is -0.979. The third-order valence-electron chi connectivity index (χ3n) is 6.93. The molecule has 0 saturated heterocycles. The first-order valence-corrected chi connectivity index (χ1v) is 11.2. The minimum absolute atomic E-state index is 0.0218. The van der Waals surface area contributed by atoms with E-state index >= 15 is 0 Å². The van der Waals surface area contributed by atoms with Crippen molar-refractivity contribution in [2.75, 3.05) is 14.1 Å². The number of hydrogen-bond acceptors (Lipinski definition) is 2. The number of hydrogen-bond donors (Lipinski definition) is 0. The van der Waals surface area contributed by atoms with Gasteiger partial charge in [-0.05, 0) is 68.5 Å². The van der Waals surface area contributed by atoms with Gasteiger partial charge in [-0.3, -0.25) is 9.59 Å². The lowest BCUT2D eigenvalue weighted by Gasteiger charge is -2.36. The van der Waals surface area contributed by atoms with Crippen LogP contribution in [0.2, 0.25) is 0 Å². The summed E-state index contributed by atoms with van der Waals surface area (Å²) in [7, 11) is 3.54. The van der Waals surface area contributed by atoms with Gasteiger partial charge in [0.1, 0.15) is 11.6 Å². The normalized spacial score (nSPS) is 20.3. The summed E-state index contributed by atoms with van der Waals surface area (Å²) >= 11 is 0. The summed E-state index contributed by atoms with van der Waals surface area (Å²) < 4.78 is 26.5. The molecule has 172 valence electrons. The molecule has 2 aromatic carbocycles. The van der Waals surface area contributed by atoms with Crippen LogP contribution in [0.15, 0.2) is 48.5 Å². The monoisotopic (exact) mass is 442 g/mol. The van der Waals surface area contributed by atoms with Crippen LogP contribution < -0.4 is 0 Å². The molecule has 2 aromatic rings. The lowest BCUT2D eigenvalue weighted by molar-refractivity contribution is -0.142. The van der Waals surface area contributed by atoms with Crippen LogP contribution in [0.5, 0.6) is 0 Å². The first-order valence-electron chi connectivity index (χ1n) is 11.2. The molecule has 1 fully saturated rings. The molecule has 0 spiro atoms. The summed E-state index contributed by atoms with van der Waals surface area (Å²) in [5, 5.41) is 0. The Balaban J connectivity index is 1.64. The highest BCUT2D eigenvalue weighted by Gasteiger charge is 2.35. The standard InChI is InChI=1S/C26H32F2N2O2/c1-17(19-8-12-23(27)13-9-19)29(3)25(31)21-6-5-7-22(16-21)26(32)30(4)18(2)20-10-14-24(28)15-11-20/h8-15,17-18,21-22H,5-7,16H2,1-4H3. The maximum Gasteiger partial charge on any atom is 0.225 e. The molecule has 0 bridgehead atoms. The smallest absolute Gasteiger partial charge is 0.225 e. The lowest BCUT2D eigenvalue weighted by Crippen LogP contribution is -2.41. The molecule has 0 aliphatic heterocycles. The summed E-state index contributed by atoms with van der Waals surface area (Å²) in [6, 6.07) is 12.0. The van der Waals surface area contributed by atoms with Crippen LogP contribution in [0.1, 0.15) is 62.7 Å². The Morgan fingerprint density at radius 2 is 1.09 bits per heavy atom. The maximum atomic E-state index is 13.2. The zero-order valence-corrected chi connectivity index (χ0v) is 19.2. The quantitative estimate of drug-likeness (QED) is 0.592. The maximum absolute atomic E-state index is 13.2. The van der Waals surface area contributed by atoms with E-state index in [9.17, 15) is 18.4 Å². The number of nitrogens with zero attached hydrogens (tertiary/aromatic N) is 2. The molecule has 4 atom stereocenters. The molecule has 1 aliphatic rings. The van der Waals surface area contributed by atoms with Crippen LogP contribution in [0.3, 0.4) is 0 Å². The second-order valence-electron chi connectivity index (χ2n) is 8.91. The number of carbonyl (C=O) groups is 2. The predicted molar refractivity (Wildman–Crippen MR) is 121 cm³/mol. The van der Waals surface area contributed by atoms with Crippen LogP contribution >= 0.6 is 0 Å². The van der Waals surface area contributed by atoms with Crippen LogP contribution in [-0.4, -0.2) is 35.7 Å². The highest BCUT2D eigenvalue weighted by molar-refractivity contribution is 5.83. The molecule has 32 heavy (non-hydrogen) atoms. The number of benzene rings is 2. The van der Waals surface area contributed by atoms with Gasteiger partial charge in [0.05, 0.1) is 12.1 Å². The second kappa shape index (κ2) is 10.2. The van der Waals surface area contributed by atoms with Gasteiger partial charge in [0, 0.05) is 25.9 Å². The SMILES string of the molecule is CC(c1ccc(F)cc1)N(C)C(=O)C1CCCC(C(=O)N(C)C(C)c2ccc(F)cc2)C1. The van der Waals surface area contributed by atoms with E-state index in [0.29, 0.717) is 6.42 Å². The zero-order valence-electron chi connectivity index (χ0n) is 19.2. The van der Waals surface area contributed by atoms with Crippen molar-refractivity contribution in [2.45, 2.75) is 51.6 Å². The van der Waals surface area contributed by atoms with Crippen molar-refractivity contribution in [2.24, 2.45) is 11.8 Å². The van der Waals surface area contributed by atoms with Crippen molar-refractivity contribution in [3.05, 3.63) is 71.3 Å². The van der Waals surface area contributed by atoms with Crippen molar-refractivity contribution in [3.8, 4) is 0 Å². The van der Waals surface area contributed by atoms with Crippen LogP contribution in [0, 0.1) is 23.5 Å². The summed E-state index contributed by atoms with van der Waals surface area (Å²) in [4.78, 5) is 29.8. The van der Waals surface area contributed by atoms with Crippen molar-refractivity contribution in [1.29, 1.82) is 0 Å². The Kier molecular flexibility index (Phi) is 7.64. The highest BCUT2D eigenvalue weighted by atomic mass is 19.1. The third kappa shape index (κ3) is 5.34. The Labute approximate surface area is 189 Å². The van der Waals surface area contributed by atoms with Crippen molar-refractivity contribution in [3.63, 3.8) is 0 Å². The highest BCUT2D eigenvalue weighted by Crippen LogP contribution is 2.34. The van der Waals surface area contributed by atoms with Crippen LogP contribution in [0.25, 0.3) is 0 Å². The van der Waals surface area contributed by atoms with Gasteiger partial charge < -0.3 is 9.80 Å². The fraction of sp³-hybridized carbons (Fsp3) is 0.462. The van der Waals surface area contributed by atoms with Gasteiger partial charge in [-0.25, -0.2) is 8.78 Å². The summed E-state index contributed by atoms with van der Waals surface area (Å²) in [6.45, 7) is 3.85. The average molecular weight is 443 g/mol. The largest absolute Gasteiger partial charge is 0.339 e. The van der Waals surface area contributed by atoms with Crippen LogP contribution in [0.4, 0.5) is 8.78 Å². The number of halogens is 2. The van der Waals surface area contributed by atoms with E-state index in [1.54, 1.807) is 48.2 Å². The zero-order chi connectivity index (χ0) is 23.4. The van der Waals surface area contributed by atoms with Crippen LogP contribution in [-0.2, 0) is 9.59 Å². The number of amides is 2. The van der Waals surface area contributed by atoms with E-state index < -0.39 is 0 Å². The Bertz CT molecular complexity index is 854. The molecule has 3 rings (SSSR count). The molecular weight excluding hydrogens is 410 g/mol. The van der Waals surface area contributed by atoms with E-state index in [1.165, 1.54) is 24.3 Å². The number of rotatable bonds is 6. The van der Waals surface area contributed by atoms with Crippen molar-refractivity contribution in [1.82, 2.24) is 9.80 Å². The molecular formula is C26H32F2N2O2. The third-order valence-corrected chi connectivity index (χ3v) is 6.93. The van der Waals surface area contributed by atoms with Gasteiger partial charge in [-0.2, -0.15) is 0 Å². The van der Waals surface area contributed by atoms with E-state index in [4.69, 9.17) is 0 Å². The molecule has 0 heterocycles. The second-order valence-corrected chi connectivity index (χ2v) is 8.91. The molecule has 6 heteroatoms. The minimum atomic E-state index is -0.303. The van der Waals surface area contributed by atoms with Gasteiger partial charge in [0.25, 0.3) is 0 Å². The fourth-order valence-electron chi connectivity index (χ4n) is 4.53. The van der Waals surface area contributed by atoms with E-state index in [-0.39, 0.29) is 47.4 Å². The molecule has 1 saturated carbocycles. The predicted octanol–water partition coefficient (Wildman–Crippen LogP) is 5.51. The van der Waals surface area contributed by atoms with Gasteiger partial charge >= 0.3 is 0 Å². The van der Waals surface area contributed by atoms with Crippen molar-refractivity contribution < 1.29 is 18.4 Å². The molecule has 0 N–H and O–H groups in total. The first kappa shape index (κ1) is 23.9. The Morgan fingerprint density at radius 3 is 1.44 bits per heavy atom. The van der Waals surface area contributed by atoms with Gasteiger partial charge in [0.2, 0.25) is 11.8 Å². The van der Waals surface area contributed by atoms with E-state index in [2.05, 4.69) is 0 Å². The molecule has 0 radical (unpaired) electrons.